The summed E-state index contributed by atoms with van der Waals surface area (Å²) in [6.07, 6.45) is 4.86. The topological polar surface area (TPSA) is 178 Å². The number of amides is 3. The summed E-state index contributed by atoms with van der Waals surface area (Å²) < 4.78 is 1.29. The summed E-state index contributed by atoms with van der Waals surface area (Å²) in [5, 5.41) is 26.2. The molecule has 0 bridgehead atoms. The largest absolute Gasteiger partial charge is 0.300 e. The lowest BCUT2D eigenvalue weighted by molar-refractivity contribution is -0.387. The van der Waals surface area contributed by atoms with Crippen LogP contribution in [0.4, 0.5) is 22.7 Å². The van der Waals surface area contributed by atoms with Crippen molar-refractivity contribution in [1.29, 1.82) is 0 Å². The predicted molar refractivity (Wildman–Crippen MR) is 183 cm³/mol. The molecule has 1 N–H and O–H groups in total. The molecular weight excluding hydrogens is 677 g/mol. The highest BCUT2D eigenvalue weighted by Crippen LogP contribution is 2.43. The first-order chi connectivity index (χ1) is 23.0. The Kier molecular flexibility index (Phi) is 8.30. The third-order valence-corrected chi connectivity index (χ3v) is 11.5. The lowest BCUT2D eigenvalue weighted by atomic mass is 9.81. The molecule has 1 aromatic heterocycles. The van der Waals surface area contributed by atoms with Gasteiger partial charge in [0.25, 0.3) is 17.3 Å². The number of hydrogen-bond acceptors (Lipinski definition) is 12. The Morgan fingerprint density at radius 3 is 2.40 bits per heavy atom. The lowest BCUT2D eigenvalue weighted by Gasteiger charge is -2.19. The van der Waals surface area contributed by atoms with Crippen LogP contribution in [0.5, 0.6) is 0 Å². The molecule has 1 saturated carbocycles. The maximum atomic E-state index is 13.1. The van der Waals surface area contributed by atoms with Gasteiger partial charge in [-0.3, -0.25) is 39.5 Å². The number of aromatic nitrogens is 1. The number of rotatable bonds is 7. The zero-order chi connectivity index (χ0) is 33.7. The maximum absolute atomic E-state index is 13.1. The molecule has 2 saturated heterocycles. The minimum absolute atomic E-state index is 0.0879. The zero-order valence-corrected chi connectivity index (χ0v) is 27.5. The van der Waals surface area contributed by atoms with E-state index in [0.29, 0.717) is 37.3 Å². The molecule has 1 aliphatic carbocycles. The molecule has 48 heavy (non-hydrogen) atoms. The average molecular weight is 701 g/mol. The number of carbonyl (C=O) groups is 3. The number of aliphatic imine (C=N–C) groups is 1. The summed E-state index contributed by atoms with van der Waals surface area (Å²) in [6.45, 7) is 1.62. The second kappa shape index (κ2) is 12.6. The molecule has 2 atom stereocenters. The van der Waals surface area contributed by atoms with Gasteiger partial charge < -0.3 is 5.32 Å². The molecule has 7 rings (SSSR count). The molecule has 3 aliphatic rings. The zero-order valence-electron chi connectivity index (χ0n) is 25.1. The number of benzene rings is 3. The molecule has 0 unspecified atom stereocenters. The summed E-state index contributed by atoms with van der Waals surface area (Å²) in [5.74, 6) is -1.26. The standard InChI is InChI=1S/C32H24N6O7S3/c1-16-6-8-18(14-23(16)37(42)43)33-31-35-28(39)27(46-31)13-17-7-11-25(24(12-17)38(44)45)47-32-34-22-10-9-19(15-26(22)48-32)36-29(40)20-4-2-3-5-21(20)30(36)41/h6-15,20-21H,2-5H2,1H3,(H,33,35,39)/b27-13-/t20-,21-/m0/s1. The van der Waals surface area contributed by atoms with Crippen molar-refractivity contribution in [3.63, 3.8) is 0 Å². The Bertz CT molecular complexity index is 2120. The van der Waals surface area contributed by atoms with E-state index in [4.69, 9.17) is 0 Å². The van der Waals surface area contributed by atoms with Crippen molar-refractivity contribution in [2.45, 2.75) is 41.8 Å². The first-order valence-electron chi connectivity index (χ1n) is 14.8. The van der Waals surface area contributed by atoms with Crippen LogP contribution in [0.2, 0.25) is 0 Å². The fourth-order valence-corrected chi connectivity index (χ4v) is 9.04. The van der Waals surface area contributed by atoms with Crippen LogP contribution in [0, 0.1) is 39.0 Å². The van der Waals surface area contributed by atoms with Crippen LogP contribution in [-0.2, 0) is 14.4 Å². The highest BCUT2D eigenvalue weighted by molar-refractivity contribution is 8.18. The number of amidine groups is 1. The fraction of sp³-hybridized carbons (Fsp3) is 0.219. The molecule has 3 amide bonds. The molecule has 0 radical (unpaired) electrons. The van der Waals surface area contributed by atoms with E-state index in [1.807, 2.05) is 0 Å². The number of fused-ring (bicyclic) bond motifs is 2. The fourth-order valence-electron chi connectivity index (χ4n) is 6.05. The highest BCUT2D eigenvalue weighted by atomic mass is 32.2. The summed E-state index contributed by atoms with van der Waals surface area (Å²) >= 11 is 3.45. The molecule has 0 spiro atoms. The molecule has 242 valence electrons. The SMILES string of the molecule is Cc1ccc(N=C2NC(=O)/C(=C/c3ccc(Sc4nc5ccc(N6C(=O)[C@H]7CCCC[C@@H]7C6=O)cc5s4)c([N+](=O)[O-])c3)S2)cc1[N+](=O)[O-]. The van der Waals surface area contributed by atoms with E-state index < -0.39 is 15.8 Å². The van der Waals surface area contributed by atoms with Gasteiger partial charge in [0, 0.05) is 17.7 Å². The molecule has 2 aliphatic heterocycles. The number of nitro benzene ring substituents is 2. The normalized spacial score (nSPS) is 20.9. The second-order valence-corrected chi connectivity index (χ2v) is 14.8. The van der Waals surface area contributed by atoms with Crippen LogP contribution >= 0.6 is 34.9 Å². The Hall–Kier alpha value is -4.93. The Morgan fingerprint density at radius 2 is 1.69 bits per heavy atom. The van der Waals surface area contributed by atoms with E-state index in [9.17, 15) is 34.6 Å². The van der Waals surface area contributed by atoms with E-state index in [2.05, 4.69) is 15.3 Å². The van der Waals surface area contributed by atoms with Gasteiger partial charge in [-0.05, 0) is 73.5 Å². The summed E-state index contributed by atoms with van der Waals surface area (Å²) in [4.78, 5) is 72.0. The van der Waals surface area contributed by atoms with Gasteiger partial charge in [0.2, 0.25) is 11.8 Å². The molecule has 16 heteroatoms. The van der Waals surface area contributed by atoms with Crippen molar-refractivity contribution in [2.24, 2.45) is 16.8 Å². The average Bonchev–Trinajstić information content (AvgIpc) is 3.70. The van der Waals surface area contributed by atoms with Crippen molar-refractivity contribution in [2.75, 3.05) is 4.90 Å². The third kappa shape index (κ3) is 5.97. The quantitative estimate of drug-likeness (QED) is 0.0901. The maximum Gasteiger partial charge on any atom is 0.283 e. The van der Waals surface area contributed by atoms with E-state index in [-0.39, 0.29) is 45.1 Å². The first-order valence-corrected chi connectivity index (χ1v) is 17.3. The van der Waals surface area contributed by atoms with Crippen LogP contribution in [-0.4, -0.2) is 37.7 Å². The number of hydrogen-bond donors (Lipinski definition) is 1. The van der Waals surface area contributed by atoms with Gasteiger partial charge in [-0.1, -0.05) is 36.7 Å². The number of imide groups is 1. The van der Waals surface area contributed by atoms with Gasteiger partial charge in [-0.25, -0.2) is 9.98 Å². The number of aryl methyl sites for hydroxylation is 1. The van der Waals surface area contributed by atoms with Gasteiger partial charge in [0.1, 0.15) is 0 Å². The highest BCUT2D eigenvalue weighted by Gasteiger charge is 2.48. The molecule has 3 aromatic carbocycles. The van der Waals surface area contributed by atoms with Gasteiger partial charge in [-0.15, -0.1) is 11.3 Å². The van der Waals surface area contributed by atoms with Crippen LogP contribution in [0.1, 0.15) is 36.8 Å². The number of thiazole rings is 1. The lowest BCUT2D eigenvalue weighted by Crippen LogP contribution is -2.30. The van der Waals surface area contributed by atoms with E-state index in [1.54, 1.807) is 49.4 Å². The van der Waals surface area contributed by atoms with E-state index in [1.165, 1.54) is 34.4 Å². The molecule has 4 aromatic rings. The minimum Gasteiger partial charge on any atom is -0.300 e. The molecular formula is C32H24N6O7S3. The van der Waals surface area contributed by atoms with Crippen molar-refractivity contribution in [1.82, 2.24) is 10.3 Å². The number of anilines is 1. The predicted octanol–water partition coefficient (Wildman–Crippen LogP) is 7.14. The molecule has 13 nitrogen and oxygen atoms in total. The molecule has 3 heterocycles. The van der Waals surface area contributed by atoms with Gasteiger partial charge in [-0.2, -0.15) is 0 Å². The summed E-state index contributed by atoms with van der Waals surface area (Å²) in [5.41, 5.74) is 2.11. The second-order valence-electron chi connectivity index (χ2n) is 11.4. The summed E-state index contributed by atoms with van der Waals surface area (Å²) in [7, 11) is 0. The van der Waals surface area contributed by atoms with Crippen LogP contribution in [0.15, 0.2) is 73.7 Å². The summed E-state index contributed by atoms with van der Waals surface area (Å²) in [6, 6.07) is 14.4. The minimum atomic E-state index is -0.502. The monoisotopic (exact) mass is 700 g/mol. The number of nitro groups is 2. The molecule has 3 fully saturated rings. The van der Waals surface area contributed by atoms with Crippen molar-refractivity contribution >= 4 is 96.8 Å². The number of thioether (sulfide) groups is 1. The van der Waals surface area contributed by atoms with Crippen molar-refractivity contribution in [3.05, 3.63) is 90.9 Å². The van der Waals surface area contributed by atoms with Gasteiger partial charge in [0.05, 0.1) is 53.1 Å². The number of nitrogens with one attached hydrogen (secondary N) is 1. The van der Waals surface area contributed by atoms with Gasteiger partial charge >= 0.3 is 0 Å². The Labute approximate surface area is 284 Å². The van der Waals surface area contributed by atoms with Crippen LogP contribution in [0.3, 0.4) is 0 Å². The number of carbonyl (C=O) groups excluding carboxylic acids is 3. The Morgan fingerprint density at radius 1 is 0.958 bits per heavy atom. The van der Waals surface area contributed by atoms with E-state index >= 15 is 0 Å². The Balaban J connectivity index is 1.10. The first kappa shape index (κ1) is 31.7. The number of nitrogens with zero attached hydrogens (tertiary/aromatic N) is 5. The van der Waals surface area contributed by atoms with Crippen molar-refractivity contribution < 1.29 is 24.2 Å². The third-order valence-electron chi connectivity index (χ3n) is 8.40. The smallest absolute Gasteiger partial charge is 0.283 e. The van der Waals surface area contributed by atoms with Crippen LogP contribution in [0.25, 0.3) is 16.3 Å². The van der Waals surface area contributed by atoms with Crippen LogP contribution < -0.4 is 10.2 Å². The van der Waals surface area contributed by atoms with Gasteiger partial charge in [0.15, 0.2) is 9.51 Å². The van der Waals surface area contributed by atoms with E-state index in [0.717, 1.165) is 53.9 Å². The van der Waals surface area contributed by atoms with Crippen molar-refractivity contribution in [3.8, 4) is 0 Å².